The first-order valence-corrected chi connectivity index (χ1v) is 7.23. The minimum atomic E-state index is -0.721. The number of aliphatic hydroxyl groups is 1. The fourth-order valence-corrected chi connectivity index (χ4v) is 2.24. The van der Waals surface area contributed by atoms with Crippen LogP contribution in [0.2, 0.25) is 0 Å². The average Bonchev–Trinajstić information content (AvgIpc) is 2.41. The van der Waals surface area contributed by atoms with Crippen molar-refractivity contribution in [2.75, 3.05) is 36.9 Å². The molecule has 3 N–H and O–H groups in total. The highest BCUT2D eigenvalue weighted by molar-refractivity contribution is 9.10. The Labute approximate surface area is 121 Å². The lowest BCUT2D eigenvalue weighted by Crippen LogP contribution is -2.42. The monoisotopic (exact) mass is 330 g/mol. The van der Waals surface area contributed by atoms with E-state index in [0.29, 0.717) is 44.4 Å². The van der Waals surface area contributed by atoms with E-state index in [-0.39, 0.29) is 0 Å². The average molecular weight is 331 g/mol. The summed E-state index contributed by atoms with van der Waals surface area (Å²) in [6, 6.07) is 0. The van der Waals surface area contributed by atoms with E-state index >= 15 is 0 Å². The molecule has 19 heavy (non-hydrogen) atoms. The van der Waals surface area contributed by atoms with Crippen molar-refractivity contribution in [3.8, 4) is 0 Å². The molecule has 0 unspecified atom stereocenters. The zero-order chi connectivity index (χ0) is 13.7. The number of halogens is 1. The summed E-state index contributed by atoms with van der Waals surface area (Å²) < 4.78 is 6.04. The Bertz CT molecular complexity index is 424. The van der Waals surface area contributed by atoms with E-state index in [1.165, 1.54) is 0 Å². The van der Waals surface area contributed by atoms with E-state index in [0.717, 1.165) is 11.0 Å². The number of hydrogen-bond acceptors (Lipinski definition) is 6. The normalized spacial score (nSPS) is 18.1. The highest BCUT2D eigenvalue weighted by atomic mass is 79.9. The van der Waals surface area contributed by atoms with Gasteiger partial charge < -0.3 is 20.5 Å². The van der Waals surface area contributed by atoms with Gasteiger partial charge in [-0.2, -0.15) is 4.98 Å². The second-order valence-electron chi connectivity index (χ2n) is 4.61. The molecular formula is C12H19BrN4O2. The van der Waals surface area contributed by atoms with Gasteiger partial charge in [0.2, 0.25) is 5.95 Å². The van der Waals surface area contributed by atoms with Crippen molar-refractivity contribution >= 4 is 27.7 Å². The van der Waals surface area contributed by atoms with Crippen LogP contribution in [0.3, 0.4) is 0 Å². The molecule has 0 spiro atoms. The molecule has 1 aliphatic rings. The number of aromatic nitrogens is 2. The summed E-state index contributed by atoms with van der Waals surface area (Å²) in [5.41, 5.74) is -0.721. The van der Waals surface area contributed by atoms with Gasteiger partial charge in [-0.3, -0.25) is 0 Å². The first kappa shape index (κ1) is 14.5. The molecule has 0 aliphatic carbocycles. The van der Waals surface area contributed by atoms with Gasteiger partial charge in [0.25, 0.3) is 0 Å². The molecule has 7 heteroatoms. The van der Waals surface area contributed by atoms with Crippen LogP contribution in [-0.2, 0) is 4.74 Å². The minimum Gasteiger partial charge on any atom is -0.388 e. The highest BCUT2D eigenvalue weighted by Gasteiger charge is 2.29. The predicted octanol–water partition coefficient (Wildman–Crippen LogP) is 1.62. The van der Waals surface area contributed by atoms with E-state index in [9.17, 15) is 5.11 Å². The van der Waals surface area contributed by atoms with Crippen molar-refractivity contribution in [1.82, 2.24) is 9.97 Å². The van der Waals surface area contributed by atoms with E-state index < -0.39 is 5.60 Å². The van der Waals surface area contributed by atoms with Gasteiger partial charge in [0.05, 0.1) is 10.1 Å². The largest absolute Gasteiger partial charge is 0.388 e. The van der Waals surface area contributed by atoms with Crippen LogP contribution >= 0.6 is 15.9 Å². The van der Waals surface area contributed by atoms with E-state index in [2.05, 4.69) is 36.5 Å². The molecule has 1 aromatic heterocycles. The molecule has 0 radical (unpaired) electrons. The smallest absolute Gasteiger partial charge is 0.224 e. The van der Waals surface area contributed by atoms with Gasteiger partial charge in [-0.25, -0.2) is 4.98 Å². The summed E-state index contributed by atoms with van der Waals surface area (Å²) in [7, 11) is 0. The van der Waals surface area contributed by atoms with Crippen LogP contribution in [-0.4, -0.2) is 47.0 Å². The number of rotatable bonds is 5. The number of nitrogens with zero attached hydrogens (tertiary/aromatic N) is 2. The Morgan fingerprint density at radius 1 is 1.42 bits per heavy atom. The third-order valence-electron chi connectivity index (χ3n) is 3.09. The summed E-state index contributed by atoms with van der Waals surface area (Å²) in [6.45, 7) is 4.42. The topological polar surface area (TPSA) is 79.3 Å². The van der Waals surface area contributed by atoms with Gasteiger partial charge in [0, 0.05) is 45.3 Å². The maximum Gasteiger partial charge on any atom is 0.224 e. The molecule has 1 fully saturated rings. The Hall–Kier alpha value is -0.920. The van der Waals surface area contributed by atoms with Crippen LogP contribution in [0.4, 0.5) is 11.8 Å². The first-order chi connectivity index (χ1) is 9.13. The summed E-state index contributed by atoms with van der Waals surface area (Å²) in [4.78, 5) is 8.50. The second-order valence-corrected chi connectivity index (χ2v) is 5.47. The van der Waals surface area contributed by atoms with Crippen LogP contribution < -0.4 is 10.6 Å². The van der Waals surface area contributed by atoms with Crippen LogP contribution in [0, 0.1) is 0 Å². The van der Waals surface area contributed by atoms with Crippen molar-refractivity contribution in [3.63, 3.8) is 0 Å². The Morgan fingerprint density at radius 2 is 2.16 bits per heavy atom. The van der Waals surface area contributed by atoms with E-state index in [1.54, 1.807) is 6.20 Å². The molecule has 0 aromatic carbocycles. The van der Waals surface area contributed by atoms with Crippen LogP contribution in [0.15, 0.2) is 10.7 Å². The molecular weight excluding hydrogens is 312 g/mol. The maximum atomic E-state index is 10.4. The van der Waals surface area contributed by atoms with Crippen molar-refractivity contribution < 1.29 is 9.84 Å². The van der Waals surface area contributed by atoms with Crippen LogP contribution in [0.1, 0.15) is 19.8 Å². The van der Waals surface area contributed by atoms with E-state index in [1.807, 2.05) is 6.92 Å². The molecule has 1 aromatic rings. The van der Waals surface area contributed by atoms with Gasteiger partial charge in [0.15, 0.2) is 0 Å². The molecule has 0 amide bonds. The lowest BCUT2D eigenvalue weighted by atomic mass is 9.94. The Morgan fingerprint density at radius 3 is 2.84 bits per heavy atom. The predicted molar refractivity (Wildman–Crippen MR) is 77.4 cm³/mol. The first-order valence-electron chi connectivity index (χ1n) is 6.43. The summed E-state index contributed by atoms with van der Waals surface area (Å²) >= 11 is 3.40. The van der Waals surface area contributed by atoms with Gasteiger partial charge in [-0.1, -0.05) is 0 Å². The SMILES string of the molecule is CCNc1ncc(Br)c(NCC2(O)CCOCC2)n1. The van der Waals surface area contributed by atoms with Crippen molar-refractivity contribution in [1.29, 1.82) is 0 Å². The summed E-state index contributed by atoms with van der Waals surface area (Å²) in [5.74, 6) is 1.26. The van der Waals surface area contributed by atoms with Gasteiger partial charge in [-0.05, 0) is 22.9 Å². The number of anilines is 2. The Balaban J connectivity index is 1.99. The van der Waals surface area contributed by atoms with Gasteiger partial charge in [0.1, 0.15) is 5.82 Å². The van der Waals surface area contributed by atoms with Crippen LogP contribution in [0.25, 0.3) is 0 Å². The lowest BCUT2D eigenvalue weighted by molar-refractivity contribution is -0.0543. The maximum absolute atomic E-state index is 10.4. The number of hydrogen-bond donors (Lipinski definition) is 3. The fourth-order valence-electron chi connectivity index (χ4n) is 1.91. The quantitative estimate of drug-likeness (QED) is 0.761. The van der Waals surface area contributed by atoms with Gasteiger partial charge in [-0.15, -0.1) is 0 Å². The second kappa shape index (κ2) is 6.49. The minimum absolute atomic E-state index is 0.456. The molecule has 6 nitrogen and oxygen atoms in total. The lowest BCUT2D eigenvalue weighted by Gasteiger charge is -2.32. The molecule has 1 aliphatic heterocycles. The van der Waals surface area contributed by atoms with Crippen LogP contribution in [0.5, 0.6) is 0 Å². The number of nitrogens with one attached hydrogen (secondary N) is 2. The molecule has 2 rings (SSSR count). The molecule has 0 bridgehead atoms. The molecule has 0 saturated carbocycles. The Kier molecular flexibility index (Phi) is 4.95. The van der Waals surface area contributed by atoms with Crippen molar-refractivity contribution in [3.05, 3.63) is 10.7 Å². The third kappa shape index (κ3) is 4.02. The van der Waals surface area contributed by atoms with Crippen molar-refractivity contribution in [2.24, 2.45) is 0 Å². The zero-order valence-corrected chi connectivity index (χ0v) is 12.5. The molecule has 1 saturated heterocycles. The summed E-state index contributed by atoms with van der Waals surface area (Å²) in [5, 5.41) is 16.6. The fraction of sp³-hybridized carbons (Fsp3) is 0.667. The molecule has 106 valence electrons. The van der Waals surface area contributed by atoms with E-state index in [4.69, 9.17) is 4.74 Å². The molecule has 2 heterocycles. The highest BCUT2D eigenvalue weighted by Crippen LogP contribution is 2.24. The molecule has 0 atom stereocenters. The standard InChI is InChI=1S/C12H19BrN4O2/c1-2-14-11-15-7-9(13)10(17-11)16-8-12(18)3-5-19-6-4-12/h7,18H,2-6,8H2,1H3,(H2,14,15,16,17). The zero-order valence-electron chi connectivity index (χ0n) is 10.9. The number of ether oxygens (including phenoxy) is 1. The summed E-state index contributed by atoms with van der Waals surface area (Å²) in [6.07, 6.45) is 2.98. The third-order valence-corrected chi connectivity index (χ3v) is 3.67. The van der Waals surface area contributed by atoms with Gasteiger partial charge >= 0.3 is 0 Å². The van der Waals surface area contributed by atoms with Crippen molar-refractivity contribution in [2.45, 2.75) is 25.4 Å².